The standard InChI is InChI=1S/C22H27N3O4S/c1-4-5-13-23-30(27,28)19-11-8-10-18(15-19)24-22(26)25(3)16(2)21-14-17-9-6-7-12-20(17)29-21/h6-12,14-16,23H,4-5,13H2,1-3H3,(H,24,26)/t16-/m0/s1. The number of anilines is 1. The van der Waals surface area contributed by atoms with Crippen molar-refractivity contribution < 1.29 is 17.6 Å². The van der Waals surface area contributed by atoms with E-state index >= 15 is 0 Å². The molecule has 1 heterocycles. The molecule has 160 valence electrons. The second-order valence-corrected chi connectivity index (χ2v) is 8.95. The Labute approximate surface area is 177 Å². The molecule has 7 nitrogen and oxygen atoms in total. The fourth-order valence-corrected chi connectivity index (χ4v) is 4.11. The van der Waals surface area contributed by atoms with Crippen LogP contribution in [-0.2, 0) is 10.0 Å². The summed E-state index contributed by atoms with van der Waals surface area (Å²) in [6, 6.07) is 15.1. The van der Waals surface area contributed by atoms with Crippen molar-refractivity contribution in [3.63, 3.8) is 0 Å². The van der Waals surface area contributed by atoms with Crippen LogP contribution >= 0.6 is 0 Å². The van der Waals surface area contributed by atoms with Gasteiger partial charge in [-0.15, -0.1) is 0 Å². The number of carbonyl (C=O) groups is 1. The Morgan fingerprint density at radius 1 is 1.13 bits per heavy atom. The van der Waals surface area contributed by atoms with Gasteiger partial charge in [-0.2, -0.15) is 0 Å². The molecule has 0 unspecified atom stereocenters. The zero-order chi connectivity index (χ0) is 21.7. The lowest BCUT2D eigenvalue weighted by molar-refractivity contribution is 0.201. The predicted octanol–water partition coefficient (Wildman–Crippen LogP) is 4.74. The second kappa shape index (κ2) is 9.32. The monoisotopic (exact) mass is 429 g/mol. The number of sulfonamides is 1. The summed E-state index contributed by atoms with van der Waals surface area (Å²) in [6.45, 7) is 4.25. The van der Waals surface area contributed by atoms with Crippen LogP contribution in [-0.4, -0.2) is 32.9 Å². The molecule has 0 aliphatic rings. The highest BCUT2D eigenvalue weighted by Crippen LogP contribution is 2.27. The van der Waals surface area contributed by atoms with Crippen molar-refractivity contribution in [2.45, 2.75) is 37.6 Å². The van der Waals surface area contributed by atoms with E-state index < -0.39 is 10.0 Å². The first-order chi connectivity index (χ1) is 14.3. The molecule has 30 heavy (non-hydrogen) atoms. The van der Waals surface area contributed by atoms with Crippen molar-refractivity contribution in [3.05, 3.63) is 60.4 Å². The number of amides is 2. The Balaban J connectivity index is 1.70. The van der Waals surface area contributed by atoms with Crippen molar-refractivity contribution in [2.75, 3.05) is 18.9 Å². The molecule has 1 aromatic heterocycles. The molecule has 0 fully saturated rings. The summed E-state index contributed by atoms with van der Waals surface area (Å²) in [5, 5.41) is 3.73. The van der Waals surface area contributed by atoms with Crippen molar-refractivity contribution in [1.82, 2.24) is 9.62 Å². The van der Waals surface area contributed by atoms with Gasteiger partial charge in [0.15, 0.2) is 0 Å². The van der Waals surface area contributed by atoms with Crippen LogP contribution in [0.2, 0.25) is 0 Å². The van der Waals surface area contributed by atoms with E-state index in [2.05, 4.69) is 10.0 Å². The number of unbranched alkanes of at least 4 members (excludes halogenated alkanes) is 1. The molecule has 0 saturated heterocycles. The summed E-state index contributed by atoms with van der Waals surface area (Å²) in [7, 11) is -1.95. The van der Waals surface area contributed by atoms with Crippen LogP contribution < -0.4 is 10.0 Å². The molecular weight excluding hydrogens is 402 g/mol. The van der Waals surface area contributed by atoms with E-state index in [1.54, 1.807) is 19.2 Å². The van der Waals surface area contributed by atoms with Crippen LogP contribution in [0.1, 0.15) is 38.5 Å². The van der Waals surface area contributed by atoms with E-state index in [0.29, 0.717) is 18.0 Å². The van der Waals surface area contributed by atoms with E-state index in [1.165, 1.54) is 17.0 Å². The minimum Gasteiger partial charge on any atom is -0.459 e. The molecule has 0 bridgehead atoms. The lowest BCUT2D eigenvalue weighted by Crippen LogP contribution is -2.33. The molecule has 8 heteroatoms. The maximum absolute atomic E-state index is 12.7. The third-order valence-corrected chi connectivity index (χ3v) is 6.43. The topological polar surface area (TPSA) is 91.7 Å². The minimum atomic E-state index is -3.62. The van der Waals surface area contributed by atoms with Gasteiger partial charge in [0, 0.05) is 24.7 Å². The van der Waals surface area contributed by atoms with E-state index in [0.717, 1.165) is 23.8 Å². The number of carbonyl (C=O) groups excluding carboxylic acids is 1. The fraction of sp³-hybridized carbons (Fsp3) is 0.318. The van der Waals surface area contributed by atoms with E-state index in [-0.39, 0.29) is 17.0 Å². The number of para-hydroxylation sites is 1. The highest BCUT2D eigenvalue weighted by atomic mass is 32.2. The van der Waals surface area contributed by atoms with Gasteiger partial charge in [-0.3, -0.25) is 0 Å². The maximum Gasteiger partial charge on any atom is 0.322 e. The van der Waals surface area contributed by atoms with Crippen LogP contribution in [0.15, 0.2) is 63.9 Å². The summed E-state index contributed by atoms with van der Waals surface area (Å²) in [5.41, 5.74) is 1.17. The Morgan fingerprint density at radius 2 is 1.90 bits per heavy atom. The van der Waals surface area contributed by atoms with Crippen molar-refractivity contribution in [3.8, 4) is 0 Å². The Hall–Kier alpha value is -2.84. The summed E-state index contributed by atoms with van der Waals surface area (Å²) in [5.74, 6) is 0.672. The van der Waals surface area contributed by atoms with Crippen LogP contribution in [0.4, 0.5) is 10.5 Å². The van der Waals surface area contributed by atoms with Gasteiger partial charge in [-0.25, -0.2) is 17.9 Å². The zero-order valence-electron chi connectivity index (χ0n) is 17.4. The van der Waals surface area contributed by atoms with Crippen LogP contribution in [0.5, 0.6) is 0 Å². The number of fused-ring (bicyclic) bond motifs is 1. The van der Waals surface area contributed by atoms with Gasteiger partial charge in [0.25, 0.3) is 0 Å². The molecule has 0 aliphatic carbocycles. The van der Waals surface area contributed by atoms with Crippen molar-refractivity contribution in [2.24, 2.45) is 0 Å². The van der Waals surface area contributed by atoms with Gasteiger partial charge < -0.3 is 14.6 Å². The van der Waals surface area contributed by atoms with Gasteiger partial charge in [0.05, 0.1) is 10.9 Å². The number of hydrogen-bond donors (Lipinski definition) is 2. The average Bonchev–Trinajstić information content (AvgIpc) is 3.17. The summed E-state index contributed by atoms with van der Waals surface area (Å²) in [4.78, 5) is 14.3. The molecule has 2 aromatic carbocycles. The quantitative estimate of drug-likeness (QED) is 0.506. The molecule has 2 N–H and O–H groups in total. The largest absolute Gasteiger partial charge is 0.459 e. The summed E-state index contributed by atoms with van der Waals surface area (Å²) < 4.78 is 33.2. The first-order valence-electron chi connectivity index (χ1n) is 9.94. The van der Waals surface area contributed by atoms with E-state index in [9.17, 15) is 13.2 Å². The molecule has 0 spiro atoms. The van der Waals surface area contributed by atoms with E-state index in [1.807, 2.05) is 44.2 Å². The van der Waals surface area contributed by atoms with Gasteiger partial charge in [-0.05, 0) is 43.7 Å². The Bertz CT molecular complexity index is 1090. The normalized spacial score (nSPS) is 12.6. The Kier molecular flexibility index (Phi) is 6.79. The average molecular weight is 430 g/mol. The third-order valence-electron chi connectivity index (χ3n) is 4.98. The zero-order valence-corrected chi connectivity index (χ0v) is 18.2. The number of benzene rings is 2. The molecule has 1 atom stereocenters. The first-order valence-corrected chi connectivity index (χ1v) is 11.4. The smallest absolute Gasteiger partial charge is 0.322 e. The van der Waals surface area contributed by atoms with Crippen molar-refractivity contribution in [1.29, 1.82) is 0 Å². The van der Waals surface area contributed by atoms with E-state index in [4.69, 9.17) is 4.42 Å². The van der Waals surface area contributed by atoms with Crippen LogP contribution in [0.3, 0.4) is 0 Å². The number of hydrogen-bond acceptors (Lipinski definition) is 4. The first kappa shape index (κ1) is 21.9. The minimum absolute atomic E-state index is 0.115. The molecule has 0 radical (unpaired) electrons. The van der Waals surface area contributed by atoms with Gasteiger partial charge in [0.2, 0.25) is 10.0 Å². The van der Waals surface area contributed by atoms with Crippen LogP contribution in [0, 0.1) is 0 Å². The number of nitrogens with one attached hydrogen (secondary N) is 2. The number of rotatable bonds is 8. The highest BCUT2D eigenvalue weighted by molar-refractivity contribution is 7.89. The number of urea groups is 1. The molecule has 0 aliphatic heterocycles. The molecular formula is C22H27N3O4S. The highest BCUT2D eigenvalue weighted by Gasteiger charge is 2.21. The van der Waals surface area contributed by atoms with Gasteiger partial charge in [0.1, 0.15) is 11.3 Å². The van der Waals surface area contributed by atoms with Crippen LogP contribution in [0.25, 0.3) is 11.0 Å². The lowest BCUT2D eigenvalue weighted by atomic mass is 10.2. The summed E-state index contributed by atoms with van der Waals surface area (Å²) >= 11 is 0. The SMILES string of the molecule is CCCCNS(=O)(=O)c1cccc(NC(=O)N(C)[C@@H](C)c2cc3ccccc3o2)c1. The Morgan fingerprint density at radius 3 is 2.63 bits per heavy atom. The van der Waals surface area contributed by atoms with Gasteiger partial charge >= 0.3 is 6.03 Å². The lowest BCUT2D eigenvalue weighted by Gasteiger charge is -2.23. The van der Waals surface area contributed by atoms with Crippen molar-refractivity contribution >= 4 is 32.7 Å². The molecule has 0 saturated carbocycles. The maximum atomic E-state index is 12.7. The summed E-state index contributed by atoms with van der Waals surface area (Å²) in [6.07, 6.45) is 1.66. The third kappa shape index (κ3) is 5.01. The van der Waals surface area contributed by atoms with Gasteiger partial charge in [-0.1, -0.05) is 37.6 Å². The molecule has 3 rings (SSSR count). The number of furan rings is 1. The molecule has 3 aromatic rings. The molecule has 2 amide bonds. The number of nitrogens with zero attached hydrogens (tertiary/aromatic N) is 1. The second-order valence-electron chi connectivity index (χ2n) is 7.18. The fourth-order valence-electron chi connectivity index (χ4n) is 2.99. The predicted molar refractivity (Wildman–Crippen MR) is 118 cm³/mol.